The molecule has 0 aromatic heterocycles. The molecule has 1 unspecified atom stereocenters. The zero-order valence-electron chi connectivity index (χ0n) is 9.00. The van der Waals surface area contributed by atoms with E-state index in [1.54, 1.807) is 0 Å². The molecule has 1 nitrogen and oxygen atoms in total. The third-order valence-electron chi connectivity index (χ3n) is 3.28. The van der Waals surface area contributed by atoms with Crippen LogP contribution in [0.25, 0.3) is 6.08 Å². The lowest BCUT2D eigenvalue weighted by atomic mass is 9.64. The highest BCUT2D eigenvalue weighted by molar-refractivity contribution is 9.10. The van der Waals surface area contributed by atoms with Crippen molar-refractivity contribution in [3.05, 3.63) is 39.9 Å². The lowest BCUT2D eigenvalue weighted by Gasteiger charge is -2.44. The Morgan fingerprint density at radius 1 is 1.33 bits per heavy atom. The van der Waals surface area contributed by atoms with Gasteiger partial charge in [-0.3, -0.25) is 0 Å². The Bertz CT molecular complexity index is 390. The van der Waals surface area contributed by atoms with Gasteiger partial charge in [0.05, 0.1) is 6.10 Å². The van der Waals surface area contributed by atoms with E-state index in [-0.39, 0.29) is 11.5 Å². The van der Waals surface area contributed by atoms with Gasteiger partial charge in [0, 0.05) is 9.89 Å². The van der Waals surface area contributed by atoms with Crippen molar-refractivity contribution in [1.82, 2.24) is 0 Å². The molecule has 0 amide bonds. The quantitative estimate of drug-likeness (QED) is 0.823. The average Bonchev–Trinajstić information content (AvgIpc) is 2.21. The van der Waals surface area contributed by atoms with E-state index >= 15 is 0 Å². The van der Waals surface area contributed by atoms with E-state index in [2.05, 4.69) is 48.0 Å². The second-order valence-electron chi connectivity index (χ2n) is 4.66. The minimum absolute atomic E-state index is 0.0485. The standard InChI is InChI=1S/C13H15BrO/c1-13(2)10(8-12(13)15)7-9-3-5-11(14)6-4-9/h3-7,12,15H,8H2,1-2H3/b10-7+. The number of hydrogen-bond acceptors (Lipinski definition) is 1. The minimum Gasteiger partial charge on any atom is -0.392 e. The summed E-state index contributed by atoms with van der Waals surface area (Å²) in [7, 11) is 0. The highest BCUT2D eigenvalue weighted by atomic mass is 79.9. The maximum Gasteiger partial charge on any atom is 0.0665 e. The second-order valence-corrected chi connectivity index (χ2v) is 5.58. The molecule has 0 bridgehead atoms. The Balaban J connectivity index is 2.22. The summed E-state index contributed by atoms with van der Waals surface area (Å²) >= 11 is 3.41. The molecule has 2 heteroatoms. The van der Waals surface area contributed by atoms with E-state index in [1.807, 2.05) is 12.1 Å². The van der Waals surface area contributed by atoms with Crippen molar-refractivity contribution >= 4 is 22.0 Å². The van der Waals surface area contributed by atoms with E-state index < -0.39 is 0 Å². The minimum atomic E-state index is -0.181. The van der Waals surface area contributed by atoms with Gasteiger partial charge < -0.3 is 5.11 Å². The summed E-state index contributed by atoms with van der Waals surface area (Å²) in [4.78, 5) is 0. The van der Waals surface area contributed by atoms with Gasteiger partial charge in [-0.1, -0.05) is 53.6 Å². The third-order valence-corrected chi connectivity index (χ3v) is 3.81. The summed E-state index contributed by atoms with van der Waals surface area (Å²) in [6.45, 7) is 4.18. The molecule has 0 spiro atoms. The number of halogens is 1. The molecule has 15 heavy (non-hydrogen) atoms. The van der Waals surface area contributed by atoms with Gasteiger partial charge in [0.25, 0.3) is 0 Å². The fraction of sp³-hybridized carbons (Fsp3) is 0.385. The molecule has 1 atom stereocenters. The SMILES string of the molecule is CC1(C)/C(=C/c2ccc(Br)cc2)CC1O. The van der Waals surface area contributed by atoms with Gasteiger partial charge >= 0.3 is 0 Å². The van der Waals surface area contributed by atoms with E-state index in [4.69, 9.17) is 0 Å². The van der Waals surface area contributed by atoms with Crippen LogP contribution in [0, 0.1) is 5.41 Å². The first-order chi connectivity index (χ1) is 7.00. The Morgan fingerprint density at radius 3 is 2.40 bits per heavy atom. The summed E-state index contributed by atoms with van der Waals surface area (Å²) in [5.41, 5.74) is 2.48. The maximum atomic E-state index is 9.62. The normalized spacial score (nSPS) is 26.4. The molecule has 0 radical (unpaired) electrons. The van der Waals surface area contributed by atoms with Crippen LogP contribution in [0.1, 0.15) is 25.8 Å². The van der Waals surface area contributed by atoms with Gasteiger partial charge in [-0.25, -0.2) is 0 Å². The zero-order valence-corrected chi connectivity index (χ0v) is 10.6. The van der Waals surface area contributed by atoms with Crippen molar-refractivity contribution < 1.29 is 5.11 Å². The molecule has 1 N–H and O–H groups in total. The highest BCUT2D eigenvalue weighted by Gasteiger charge is 2.41. The smallest absolute Gasteiger partial charge is 0.0665 e. The first kappa shape index (κ1) is 10.9. The summed E-state index contributed by atoms with van der Waals surface area (Å²) < 4.78 is 1.09. The van der Waals surface area contributed by atoms with E-state index in [0.29, 0.717) is 0 Å². The predicted molar refractivity (Wildman–Crippen MR) is 66.5 cm³/mol. The van der Waals surface area contributed by atoms with Crippen LogP contribution in [0.5, 0.6) is 0 Å². The van der Waals surface area contributed by atoms with Crippen molar-refractivity contribution in [1.29, 1.82) is 0 Å². The van der Waals surface area contributed by atoms with E-state index in [9.17, 15) is 5.11 Å². The lowest BCUT2D eigenvalue weighted by molar-refractivity contribution is 0.0195. The van der Waals surface area contributed by atoms with Crippen molar-refractivity contribution in [2.45, 2.75) is 26.4 Å². The van der Waals surface area contributed by atoms with Gasteiger partial charge in [-0.05, 0) is 24.1 Å². The molecule has 0 saturated heterocycles. The number of hydrogen-bond donors (Lipinski definition) is 1. The fourth-order valence-corrected chi connectivity index (χ4v) is 2.08. The Kier molecular flexibility index (Phi) is 2.73. The van der Waals surface area contributed by atoms with E-state index in [1.165, 1.54) is 11.1 Å². The second kappa shape index (κ2) is 3.76. The summed E-state index contributed by atoms with van der Waals surface area (Å²) in [5, 5.41) is 9.62. The van der Waals surface area contributed by atoms with Gasteiger partial charge in [0.1, 0.15) is 0 Å². The molecule has 1 aliphatic carbocycles. The predicted octanol–water partition coefficient (Wildman–Crippen LogP) is 3.62. The first-order valence-corrected chi connectivity index (χ1v) is 5.94. The van der Waals surface area contributed by atoms with Crippen molar-refractivity contribution in [3.63, 3.8) is 0 Å². The molecular formula is C13H15BrO. The Labute approximate surface area is 99.0 Å². The number of aliphatic hydroxyl groups is 1. The number of benzene rings is 1. The fourth-order valence-electron chi connectivity index (χ4n) is 1.81. The van der Waals surface area contributed by atoms with E-state index in [0.717, 1.165) is 10.9 Å². The molecule has 1 aromatic carbocycles. The molecule has 1 aromatic rings. The summed E-state index contributed by atoms with van der Waals surface area (Å²) in [6.07, 6.45) is 2.81. The van der Waals surface area contributed by atoms with Gasteiger partial charge in [-0.2, -0.15) is 0 Å². The molecule has 0 aliphatic heterocycles. The van der Waals surface area contributed by atoms with Crippen molar-refractivity contribution in [2.75, 3.05) is 0 Å². The molecule has 1 aliphatic rings. The van der Waals surface area contributed by atoms with Crippen LogP contribution < -0.4 is 0 Å². The van der Waals surface area contributed by atoms with Gasteiger partial charge in [0.2, 0.25) is 0 Å². The van der Waals surface area contributed by atoms with Crippen molar-refractivity contribution in [3.8, 4) is 0 Å². The van der Waals surface area contributed by atoms with Crippen molar-refractivity contribution in [2.24, 2.45) is 5.41 Å². The van der Waals surface area contributed by atoms with Gasteiger partial charge in [-0.15, -0.1) is 0 Å². The number of rotatable bonds is 1. The Morgan fingerprint density at radius 2 is 1.93 bits per heavy atom. The van der Waals surface area contributed by atoms with Gasteiger partial charge in [0.15, 0.2) is 0 Å². The molecular weight excluding hydrogens is 252 g/mol. The Hall–Kier alpha value is -0.600. The molecule has 1 saturated carbocycles. The van der Waals surface area contributed by atoms with Crippen LogP contribution in [-0.2, 0) is 0 Å². The molecule has 2 rings (SSSR count). The van der Waals surface area contributed by atoms with Crippen LogP contribution in [-0.4, -0.2) is 11.2 Å². The van der Waals surface area contributed by atoms with Crippen LogP contribution >= 0.6 is 15.9 Å². The van der Waals surface area contributed by atoms with Crippen LogP contribution in [0.15, 0.2) is 34.3 Å². The van der Waals surface area contributed by atoms with Crippen LogP contribution in [0.3, 0.4) is 0 Å². The molecule has 0 heterocycles. The molecule has 1 fully saturated rings. The lowest BCUT2D eigenvalue weighted by Crippen LogP contribution is -2.42. The van der Waals surface area contributed by atoms with Crippen LogP contribution in [0.2, 0.25) is 0 Å². The highest BCUT2D eigenvalue weighted by Crippen LogP contribution is 2.46. The maximum absolute atomic E-state index is 9.62. The monoisotopic (exact) mass is 266 g/mol. The average molecular weight is 267 g/mol. The summed E-state index contributed by atoms with van der Waals surface area (Å²) in [5.74, 6) is 0. The first-order valence-electron chi connectivity index (χ1n) is 5.15. The topological polar surface area (TPSA) is 20.2 Å². The number of aliphatic hydroxyl groups excluding tert-OH is 1. The molecule has 80 valence electrons. The third kappa shape index (κ3) is 2.01. The zero-order chi connectivity index (χ0) is 11.1. The largest absolute Gasteiger partial charge is 0.392 e. The summed E-state index contributed by atoms with van der Waals surface area (Å²) in [6, 6.07) is 8.23. The van der Waals surface area contributed by atoms with Crippen LogP contribution in [0.4, 0.5) is 0 Å².